The third-order valence-corrected chi connectivity index (χ3v) is 1.75. The van der Waals surface area contributed by atoms with Gasteiger partial charge in [0.2, 0.25) is 6.10 Å². The number of carbonyl (C=O) groups excluding carboxylic acids is 1. The van der Waals surface area contributed by atoms with Gasteiger partial charge in [0.05, 0.1) is 13.4 Å². The molecule has 0 heterocycles. The third-order valence-electron chi connectivity index (χ3n) is 1.75. The summed E-state index contributed by atoms with van der Waals surface area (Å²) in [4.78, 5) is 11.3. The molecular formula is C11H12O3. The molecule has 0 aromatic heterocycles. The molecule has 0 fully saturated rings. The molecule has 1 rings (SSSR count). The number of carbonyl (C=O) groups is 1. The van der Waals surface area contributed by atoms with Gasteiger partial charge in [-0.1, -0.05) is 36.9 Å². The molecule has 0 aliphatic rings. The van der Waals surface area contributed by atoms with Crippen molar-refractivity contribution >= 4 is 5.97 Å². The Bertz CT molecular complexity index is 306. The molecule has 1 aromatic carbocycles. The van der Waals surface area contributed by atoms with E-state index in [0.29, 0.717) is 0 Å². The van der Waals surface area contributed by atoms with Gasteiger partial charge in [0.1, 0.15) is 0 Å². The van der Waals surface area contributed by atoms with Crippen molar-refractivity contribution in [2.24, 2.45) is 0 Å². The molecule has 0 N–H and O–H groups in total. The summed E-state index contributed by atoms with van der Waals surface area (Å²) in [5.41, 5.74) is 0.749. The highest BCUT2D eigenvalue weighted by atomic mass is 16.6. The van der Waals surface area contributed by atoms with Gasteiger partial charge in [-0.2, -0.15) is 0 Å². The van der Waals surface area contributed by atoms with Crippen LogP contribution in [0.2, 0.25) is 0 Å². The summed E-state index contributed by atoms with van der Waals surface area (Å²) in [7, 11) is 1.32. The number of rotatable bonds is 4. The maximum atomic E-state index is 11.3. The second kappa shape index (κ2) is 5.07. The van der Waals surface area contributed by atoms with Gasteiger partial charge in [0, 0.05) is 5.56 Å². The van der Waals surface area contributed by atoms with E-state index in [0.717, 1.165) is 5.56 Å². The van der Waals surface area contributed by atoms with Crippen LogP contribution in [-0.4, -0.2) is 13.1 Å². The normalized spacial score (nSPS) is 11.5. The highest BCUT2D eigenvalue weighted by Gasteiger charge is 2.21. The summed E-state index contributed by atoms with van der Waals surface area (Å²) in [6.45, 7) is 3.41. The lowest BCUT2D eigenvalue weighted by molar-refractivity contribution is -0.151. The molecule has 3 nitrogen and oxygen atoms in total. The molecule has 1 aromatic rings. The van der Waals surface area contributed by atoms with Crippen molar-refractivity contribution in [2.75, 3.05) is 7.11 Å². The summed E-state index contributed by atoms with van der Waals surface area (Å²) in [6.07, 6.45) is 0.507. The first-order chi connectivity index (χ1) is 6.79. The van der Waals surface area contributed by atoms with Crippen LogP contribution in [0.25, 0.3) is 0 Å². The van der Waals surface area contributed by atoms with Gasteiger partial charge in [-0.3, -0.25) is 0 Å². The van der Waals surface area contributed by atoms with Gasteiger partial charge < -0.3 is 9.47 Å². The molecule has 0 saturated carbocycles. The summed E-state index contributed by atoms with van der Waals surface area (Å²) < 4.78 is 9.68. The average Bonchev–Trinajstić information content (AvgIpc) is 2.26. The van der Waals surface area contributed by atoms with E-state index in [1.807, 2.05) is 18.2 Å². The molecule has 0 spiro atoms. The molecule has 0 bridgehead atoms. The number of ether oxygens (including phenoxy) is 2. The van der Waals surface area contributed by atoms with Gasteiger partial charge >= 0.3 is 5.97 Å². The summed E-state index contributed by atoms with van der Waals surface area (Å²) in [5, 5.41) is 0. The van der Waals surface area contributed by atoms with Crippen molar-refractivity contribution in [1.29, 1.82) is 0 Å². The second-order valence-electron chi connectivity index (χ2n) is 2.62. The van der Waals surface area contributed by atoms with Crippen LogP contribution in [-0.2, 0) is 14.3 Å². The monoisotopic (exact) mass is 192 g/mol. The summed E-state index contributed by atoms with van der Waals surface area (Å²) in [5.74, 6) is -0.434. The fraction of sp³-hybridized carbons (Fsp3) is 0.182. The van der Waals surface area contributed by atoms with Gasteiger partial charge in [0.15, 0.2) is 0 Å². The minimum absolute atomic E-state index is 0.434. The minimum Gasteiger partial charge on any atom is -0.482 e. The lowest BCUT2D eigenvalue weighted by Crippen LogP contribution is -2.15. The van der Waals surface area contributed by atoms with Crippen LogP contribution in [0, 0.1) is 0 Å². The van der Waals surface area contributed by atoms with Gasteiger partial charge in [-0.15, -0.1) is 0 Å². The van der Waals surface area contributed by atoms with Crippen LogP contribution in [0.5, 0.6) is 0 Å². The van der Waals surface area contributed by atoms with E-state index in [-0.39, 0.29) is 0 Å². The Morgan fingerprint density at radius 2 is 2.07 bits per heavy atom. The predicted octanol–water partition coefficient (Wildman–Crippen LogP) is 2.06. The molecule has 3 heteroatoms. The Labute approximate surface area is 83.0 Å². The molecule has 0 aliphatic heterocycles. The molecular weight excluding hydrogens is 180 g/mol. The Morgan fingerprint density at radius 3 is 2.57 bits per heavy atom. The van der Waals surface area contributed by atoms with Gasteiger partial charge in [-0.25, -0.2) is 4.79 Å². The Hall–Kier alpha value is -1.77. The molecule has 1 atom stereocenters. The topological polar surface area (TPSA) is 35.5 Å². The largest absolute Gasteiger partial charge is 0.482 e. The average molecular weight is 192 g/mol. The number of methoxy groups -OCH3 is 1. The van der Waals surface area contributed by atoms with Crippen LogP contribution in [0.15, 0.2) is 43.2 Å². The summed E-state index contributed by atoms with van der Waals surface area (Å²) >= 11 is 0. The number of hydrogen-bond acceptors (Lipinski definition) is 3. The predicted molar refractivity (Wildman–Crippen MR) is 52.5 cm³/mol. The van der Waals surface area contributed by atoms with Crippen molar-refractivity contribution in [1.82, 2.24) is 0 Å². The van der Waals surface area contributed by atoms with E-state index < -0.39 is 12.1 Å². The molecule has 0 radical (unpaired) electrons. The van der Waals surface area contributed by atoms with Crippen LogP contribution in [0.1, 0.15) is 11.7 Å². The Balaban J connectivity index is 2.88. The lowest BCUT2D eigenvalue weighted by atomic mass is 10.1. The van der Waals surface area contributed by atoms with E-state index in [1.165, 1.54) is 13.4 Å². The van der Waals surface area contributed by atoms with Gasteiger partial charge in [0.25, 0.3) is 0 Å². The fourth-order valence-electron chi connectivity index (χ4n) is 1.10. The lowest BCUT2D eigenvalue weighted by Gasteiger charge is -2.13. The first-order valence-electron chi connectivity index (χ1n) is 4.18. The maximum absolute atomic E-state index is 11.3. The zero-order valence-electron chi connectivity index (χ0n) is 7.97. The highest BCUT2D eigenvalue weighted by Crippen LogP contribution is 2.18. The Kier molecular flexibility index (Phi) is 3.73. The van der Waals surface area contributed by atoms with E-state index in [2.05, 4.69) is 11.3 Å². The van der Waals surface area contributed by atoms with Crippen LogP contribution < -0.4 is 0 Å². The van der Waals surface area contributed by atoms with Gasteiger partial charge in [-0.05, 0) is 0 Å². The second-order valence-corrected chi connectivity index (χ2v) is 2.62. The van der Waals surface area contributed by atoms with E-state index >= 15 is 0 Å². The maximum Gasteiger partial charge on any atom is 0.351 e. The number of hydrogen-bond donors (Lipinski definition) is 0. The first kappa shape index (κ1) is 10.3. The van der Waals surface area contributed by atoms with Crippen molar-refractivity contribution in [2.45, 2.75) is 6.10 Å². The Morgan fingerprint density at radius 1 is 1.43 bits per heavy atom. The minimum atomic E-state index is -0.723. The molecule has 0 unspecified atom stereocenters. The number of benzene rings is 1. The zero-order valence-corrected chi connectivity index (χ0v) is 7.97. The van der Waals surface area contributed by atoms with Crippen molar-refractivity contribution in [3.05, 3.63) is 48.7 Å². The van der Waals surface area contributed by atoms with Crippen LogP contribution >= 0.6 is 0 Å². The zero-order chi connectivity index (χ0) is 10.4. The number of esters is 1. The summed E-state index contributed by atoms with van der Waals surface area (Å²) in [6, 6.07) is 9.12. The molecule has 74 valence electrons. The van der Waals surface area contributed by atoms with E-state index in [1.54, 1.807) is 12.1 Å². The quantitative estimate of drug-likeness (QED) is 0.541. The standard InChI is InChI=1S/C11H12O3/c1-3-14-10(11(12)13-2)9-7-5-4-6-8-9/h3-8,10H,1H2,2H3/t10-/m0/s1. The van der Waals surface area contributed by atoms with Crippen LogP contribution in [0.4, 0.5) is 0 Å². The molecule has 0 saturated heterocycles. The van der Waals surface area contributed by atoms with E-state index in [9.17, 15) is 4.79 Å². The van der Waals surface area contributed by atoms with E-state index in [4.69, 9.17) is 4.74 Å². The third kappa shape index (κ3) is 2.36. The smallest absolute Gasteiger partial charge is 0.351 e. The molecule has 0 amide bonds. The van der Waals surface area contributed by atoms with Crippen molar-refractivity contribution in [3.63, 3.8) is 0 Å². The molecule has 0 aliphatic carbocycles. The molecule has 14 heavy (non-hydrogen) atoms. The van der Waals surface area contributed by atoms with Crippen molar-refractivity contribution in [3.8, 4) is 0 Å². The SMILES string of the molecule is C=CO[C@H](C(=O)OC)c1ccccc1. The van der Waals surface area contributed by atoms with Crippen molar-refractivity contribution < 1.29 is 14.3 Å². The first-order valence-corrected chi connectivity index (χ1v) is 4.18. The highest BCUT2D eigenvalue weighted by molar-refractivity contribution is 5.76. The fourth-order valence-corrected chi connectivity index (χ4v) is 1.10. The van der Waals surface area contributed by atoms with Crippen LogP contribution in [0.3, 0.4) is 0 Å².